The van der Waals surface area contributed by atoms with Gasteiger partial charge in [0.05, 0.1) is 11.6 Å². The van der Waals surface area contributed by atoms with Crippen LogP contribution >= 0.6 is 11.6 Å². The predicted octanol–water partition coefficient (Wildman–Crippen LogP) is 1.86. The quantitative estimate of drug-likeness (QED) is 0.735. The first-order valence-corrected chi connectivity index (χ1v) is 5.09. The molecule has 0 fully saturated rings. The topological polar surface area (TPSA) is 34.1 Å². The molecule has 0 spiro atoms. The molecule has 0 aliphatic rings. The lowest BCUT2D eigenvalue weighted by molar-refractivity contribution is 0.149. The molecule has 0 unspecified atom stereocenters. The van der Waals surface area contributed by atoms with Gasteiger partial charge in [0.15, 0.2) is 0 Å². The Morgan fingerprint density at radius 1 is 1.57 bits per heavy atom. The normalized spacial score (nSPS) is 10.4. The molecule has 0 saturated carbocycles. The molecule has 1 aromatic rings. The third-order valence-electron chi connectivity index (χ3n) is 1.80. The fourth-order valence-electron chi connectivity index (χ4n) is 1.06. The molecule has 3 nitrogen and oxygen atoms in total. The fraction of sp³-hybridized carbons (Fsp3) is 0.500. The summed E-state index contributed by atoms with van der Waals surface area (Å²) >= 11 is 5.93. The molecule has 0 bridgehead atoms. The van der Waals surface area contributed by atoms with E-state index >= 15 is 0 Å². The van der Waals surface area contributed by atoms with E-state index in [0.29, 0.717) is 5.02 Å². The summed E-state index contributed by atoms with van der Waals surface area (Å²) in [5, 5.41) is 3.95. The van der Waals surface area contributed by atoms with Gasteiger partial charge in [-0.2, -0.15) is 0 Å². The Balaban J connectivity index is 2.21. The van der Waals surface area contributed by atoms with Crippen LogP contribution in [0.15, 0.2) is 18.5 Å². The first kappa shape index (κ1) is 11.4. The zero-order valence-electron chi connectivity index (χ0n) is 8.29. The first-order valence-electron chi connectivity index (χ1n) is 4.71. The number of halogens is 1. The van der Waals surface area contributed by atoms with Gasteiger partial charge in [-0.05, 0) is 18.6 Å². The second-order valence-corrected chi connectivity index (χ2v) is 3.25. The monoisotopic (exact) mass is 214 g/mol. The van der Waals surface area contributed by atoms with Crippen molar-refractivity contribution in [1.29, 1.82) is 0 Å². The SMILES string of the molecule is CCOCCNCc1ccncc1Cl. The summed E-state index contributed by atoms with van der Waals surface area (Å²) in [5.41, 5.74) is 1.07. The summed E-state index contributed by atoms with van der Waals surface area (Å²) in [6.07, 6.45) is 3.40. The molecule has 14 heavy (non-hydrogen) atoms. The maximum absolute atomic E-state index is 5.93. The van der Waals surface area contributed by atoms with Gasteiger partial charge in [0, 0.05) is 32.1 Å². The molecule has 0 aliphatic carbocycles. The van der Waals surface area contributed by atoms with Crippen LogP contribution in [0.4, 0.5) is 0 Å². The van der Waals surface area contributed by atoms with Gasteiger partial charge in [-0.15, -0.1) is 0 Å². The van der Waals surface area contributed by atoms with E-state index in [2.05, 4.69) is 10.3 Å². The van der Waals surface area contributed by atoms with Crippen molar-refractivity contribution in [2.75, 3.05) is 19.8 Å². The fourth-order valence-corrected chi connectivity index (χ4v) is 1.25. The molecule has 1 N–H and O–H groups in total. The maximum atomic E-state index is 5.93. The van der Waals surface area contributed by atoms with Gasteiger partial charge in [-0.25, -0.2) is 0 Å². The van der Waals surface area contributed by atoms with Gasteiger partial charge in [-0.3, -0.25) is 4.98 Å². The summed E-state index contributed by atoms with van der Waals surface area (Å²) in [4.78, 5) is 3.92. The smallest absolute Gasteiger partial charge is 0.0634 e. The highest BCUT2D eigenvalue weighted by Gasteiger charge is 1.97. The zero-order valence-corrected chi connectivity index (χ0v) is 9.05. The van der Waals surface area contributed by atoms with Crippen molar-refractivity contribution in [3.05, 3.63) is 29.0 Å². The molecule has 1 rings (SSSR count). The number of hydrogen-bond donors (Lipinski definition) is 1. The van der Waals surface area contributed by atoms with Crippen LogP contribution in [-0.4, -0.2) is 24.7 Å². The van der Waals surface area contributed by atoms with Gasteiger partial charge >= 0.3 is 0 Å². The molecular weight excluding hydrogens is 200 g/mol. The lowest BCUT2D eigenvalue weighted by Gasteiger charge is -2.05. The second-order valence-electron chi connectivity index (χ2n) is 2.84. The van der Waals surface area contributed by atoms with Crippen LogP contribution < -0.4 is 5.32 Å². The number of pyridine rings is 1. The van der Waals surface area contributed by atoms with Crippen LogP contribution in [0.25, 0.3) is 0 Å². The number of rotatable bonds is 6. The van der Waals surface area contributed by atoms with Gasteiger partial charge in [0.2, 0.25) is 0 Å². The number of nitrogens with one attached hydrogen (secondary N) is 1. The summed E-state index contributed by atoms with van der Waals surface area (Å²) in [6.45, 7) is 5.08. The van der Waals surface area contributed by atoms with Gasteiger partial charge in [0.1, 0.15) is 0 Å². The van der Waals surface area contributed by atoms with Gasteiger partial charge in [-0.1, -0.05) is 11.6 Å². The van der Waals surface area contributed by atoms with Crippen molar-refractivity contribution in [1.82, 2.24) is 10.3 Å². The lowest BCUT2D eigenvalue weighted by atomic mass is 10.3. The minimum Gasteiger partial charge on any atom is -0.380 e. The average molecular weight is 215 g/mol. The average Bonchev–Trinajstić information content (AvgIpc) is 2.20. The first-order chi connectivity index (χ1) is 6.84. The summed E-state index contributed by atoms with van der Waals surface area (Å²) in [5.74, 6) is 0. The van der Waals surface area contributed by atoms with E-state index in [9.17, 15) is 0 Å². The van der Waals surface area contributed by atoms with E-state index < -0.39 is 0 Å². The number of nitrogens with zero attached hydrogens (tertiary/aromatic N) is 1. The Kier molecular flexibility index (Phi) is 5.52. The molecule has 0 aromatic carbocycles. The van der Waals surface area contributed by atoms with Crippen molar-refractivity contribution < 1.29 is 4.74 Å². The molecule has 0 atom stereocenters. The number of ether oxygens (including phenoxy) is 1. The van der Waals surface area contributed by atoms with E-state index in [1.807, 2.05) is 13.0 Å². The highest BCUT2D eigenvalue weighted by atomic mass is 35.5. The second kappa shape index (κ2) is 6.76. The summed E-state index contributed by atoms with van der Waals surface area (Å²) in [6, 6.07) is 1.91. The molecular formula is C10H15ClN2O. The Morgan fingerprint density at radius 3 is 3.14 bits per heavy atom. The van der Waals surface area contributed by atoms with Crippen molar-refractivity contribution >= 4 is 11.6 Å². The van der Waals surface area contributed by atoms with E-state index in [4.69, 9.17) is 16.3 Å². The van der Waals surface area contributed by atoms with Crippen molar-refractivity contribution in [2.24, 2.45) is 0 Å². The van der Waals surface area contributed by atoms with Crippen LogP contribution in [0.5, 0.6) is 0 Å². The Bertz CT molecular complexity index is 268. The van der Waals surface area contributed by atoms with Crippen LogP contribution in [0.2, 0.25) is 5.02 Å². The molecule has 78 valence electrons. The van der Waals surface area contributed by atoms with Crippen molar-refractivity contribution in [3.8, 4) is 0 Å². The minimum atomic E-state index is 0.705. The minimum absolute atomic E-state index is 0.705. The van der Waals surface area contributed by atoms with E-state index in [1.165, 1.54) is 0 Å². The molecule has 0 aliphatic heterocycles. The van der Waals surface area contributed by atoms with Crippen LogP contribution in [-0.2, 0) is 11.3 Å². The van der Waals surface area contributed by atoms with Crippen LogP contribution in [0.3, 0.4) is 0 Å². The number of hydrogen-bond acceptors (Lipinski definition) is 3. The van der Waals surface area contributed by atoms with E-state index in [1.54, 1.807) is 12.4 Å². The molecule has 1 heterocycles. The summed E-state index contributed by atoms with van der Waals surface area (Å²) < 4.78 is 5.19. The molecule has 0 amide bonds. The third-order valence-corrected chi connectivity index (χ3v) is 2.14. The Hall–Kier alpha value is -0.640. The standard InChI is InChI=1S/C10H15ClN2O/c1-2-14-6-5-13-7-9-3-4-12-8-10(9)11/h3-4,8,13H,2,5-7H2,1H3. The van der Waals surface area contributed by atoms with Crippen molar-refractivity contribution in [3.63, 3.8) is 0 Å². The highest BCUT2D eigenvalue weighted by Crippen LogP contribution is 2.12. The largest absolute Gasteiger partial charge is 0.380 e. The molecule has 0 saturated heterocycles. The number of aromatic nitrogens is 1. The molecule has 4 heteroatoms. The zero-order chi connectivity index (χ0) is 10.2. The molecule has 0 radical (unpaired) electrons. The maximum Gasteiger partial charge on any atom is 0.0634 e. The lowest BCUT2D eigenvalue weighted by Crippen LogP contribution is -2.19. The molecule has 1 aromatic heterocycles. The van der Waals surface area contributed by atoms with Gasteiger partial charge in [0.25, 0.3) is 0 Å². The Labute approximate surface area is 89.4 Å². The Morgan fingerprint density at radius 2 is 2.43 bits per heavy atom. The van der Waals surface area contributed by atoms with Crippen molar-refractivity contribution in [2.45, 2.75) is 13.5 Å². The van der Waals surface area contributed by atoms with E-state index in [-0.39, 0.29) is 0 Å². The van der Waals surface area contributed by atoms with Gasteiger partial charge < -0.3 is 10.1 Å². The highest BCUT2D eigenvalue weighted by molar-refractivity contribution is 6.31. The van der Waals surface area contributed by atoms with E-state index in [0.717, 1.165) is 31.9 Å². The van der Waals surface area contributed by atoms with Crippen LogP contribution in [0.1, 0.15) is 12.5 Å². The van der Waals surface area contributed by atoms with Crippen LogP contribution in [0, 0.1) is 0 Å². The summed E-state index contributed by atoms with van der Waals surface area (Å²) in [7, 11) is 0. The third kappa shape index (κ3) is 4.05. The predicted molar refractivity (Wildman–Crippen MR) is 57.4 cm³/mol.